The van der Waals surface area contributed by atoms with E-state index in [0.717, 1.165) is 14.6 Å². The van der Waals surface area contributed by atoms with E-state index in [1.165, 1.54) is 29.1 Å². The molecular weight excluding hydrogens is 488 g/mol. The zero-order chi connectivity index (χ0) is 22.6. The number of amides is 1. The fourth-order valence-corrected chi connectivity index (χ4v) is 3.61. The molecule has 3 N–H and O–H groups in total. The molecule has 1 aromatic heterocycles. The number of benzene rings is 2. The summed E-state index contributed by atoms with van der Waals surface area (Å²) in [5.41, 5.74) is -0.210. The highest BCUT2D eigenvalue weighted by Gasteiger charge is 2.10. The Bertz CT molecular complexity index is 1310. The molecule has 0 fully saturated rings. The van der Waals surface area contributed by atoms with Crippen molar-refractivity contribution in [1.29, 1.82) is 0 Å². The Morgan fingerprint density at radius 2 is 1.52 bits per heavy atom. The number of primary sulfonamides is 1. The van der Waals surface area contributed by atoms with Gasteiger partial charge in [0.2, 0.25) is 15.9 Å². The van der Waals surface area contributed by atoms with E-state index < -0.39 is 27.0 Å². The van der Waals surface area contributed by atoms with Gasteiger partial charge in [-0.2, -0.15) is 0 Å². The first-order chi connectivity index (χ1) is 14.6. The number of anilines is 1. The first-order valence-electron chi connectivity index (χ1n) is 9.10. The van der Waals surface area contributed by atoms with Gasteiger partial charge in [-0.1, -0.05) is 28.1 Å². The lowest BCUT2D eigenvalue weighted by Crippen LogP contribution is -2.42. The molecule has 9 nitrogen and oxygen atoms in total. The summed E-state index contributed by atoms with van der Waals surface area (Å²) in [6.45, 7) is -0.0747. The fourth-order valence-electron chi connectivity index (χ4n) is 2.83. The van der Waals surface area contributed by atoms with Gasteiger partial charge in [0.1, 0.15) is 6.54 Å². The van der Waals surface area contributed by atoms with Crippen LogP contribution in [0, 0.1) is 0 Å². The Balaban J connectivity index is 1.66. The number of nitrogens with one attached hydrogen (secondary N) is 1. The Labute approximate surface area is 186 Å². The quantitative estimate of drug-likeness (QED) is 0.465. The lowest BCUT2D eigenvalue weighted by atomic mass is 10.1. The lowest BCUT2D eigenvalue weighted by molar-refractivity contribution is -0.116. The molecule has 0 aliphatic rings. The van der Waals surface area contributed by atoms with Crippen molar-refractivity contribution in [2.75, 3.05) is 5.32 Å². The van der Waals surface area contributed by atoms with Crippen molar-refractivity contribution >= 4 is 37.5 Å². The summed E-state index contributed by atoms with van der Waals surface area (Å²) >= 11 is 3.30. The van der Waals surface area contributed by atoms with Crippen LogP contribution in [0.4, 0.5) is 5.69 Å². The van der Waals surface area contributed by atoms with Gasteiger partial charge in [-0.25, -0.2) is 13.6 Å². The number of halogens is 1. The van der Waals surface area contributed by atoms with Gasteiger partial charge in [0.25, 0.3) is 0 Å². The molecule has 0 saturated heterocycles. The van der Waals surface area contributed by atoms with Crippen LogP contribution in [0.2, 0.25) is 0 Å². The summed E-state index contributed by atoms with van der Waals surface area (Å²) in [6.07, 6.45) is 3.22. The summed E-state index contributed by atoms with van der Waals surface area (Å²) in [5, 5.41) is 7.73. The third-order valence-electron chi connectivity index (χ3n) is 4.47. The van der Waals surface area contributed by atoms with Crippen LogP contribution < -0.4 is 21.6 Å². The van der Waals surface area contributed by atoms with Crippen molar-refractivity contribution < 1.29 is 13.2 Å². The van der Waals surface area contributed by atoms with Gasteiger partial charge in [0, 0.05) is 29.1 Å². The predicted octanol–water partition coefficient (Wildman–Crippen LogP) is 1.30. The smallest absolute Gasteiger partial charge is 0.316 e. The highest BCUT2D eigenvalue weighted by Crippen LogP contribution is 2.14. The minimum absolute atomic E-state index is 0.00238. The largest absolute Gasteiger partial charge is 0.325 e. The number of rotatable bonds is 7. The van der Waals surface area contributed by atoms with Gasteiger partial charge >= 0.3 is 11.1 Å². The molecule has 0 radical (unpaired) electrons. The van der Waals surface area contributed by atoms with Gasteiger partial charge in [-0.15, -0.1) is 0 Å². The molecule has 1 heterocycles. The zero-order valence-electron chi connectivity index (χ0n) is 16.2. The molecule has 0 bridgehead atoms. The molecule has 0 saturated carbocycles. The minimum Gasteiger partial charge on any atom is -0.325 e. The summed E-state index contributed by atoms with van der Waals surface area (Å²) in [5.74, 6) is -0.434. The van der Waals surface area contributed by atoms with Crippen LogP contribution in [-0.4, -0.2) is 23.5 Å². The van der Waals surface area contributed by atoms with E-state index in [2.05, 4.69) is 21.2 Å². The number of aromatic nitrogens is 2. The monoisotopic (exact) mass is 506 g/mol. The van der Waals surface area contributed by atoms with Gasteiger partial charge < -0.3 is 9.88 Å². The van der Waals surface area contributed by atoms with E-state index in [4.69, 9.17) is 5.14 Å². The van der Waals surface area contributed by atoms with Crippen molar-refractivity contribution in [2.45, 2.75) is 24.4 Å². The number of hydrogen-bond acceptors (Lipinski definition) is 5. The Kier molecular flexibility index (Phi) is 6.88. The predicted molar refractivity (Wildman–Crippen MR) is 119 cm³/mol. The van der Waals surface area contributed by atoms with E-state index in [-0.39, 0.29) is 18.0 Å². The lowest BCUT2D eigenvalue weighted by Gasteiger charge is -2.10. The highest BCUT2D eigenvalue weighted by atomic mass is 79.9. The molecule has 31 heavy (non-hydrogen) atoms. The first-order valence-corrected chi connectivity index (χ1v) is 11.4. The standard InChI is InChI=1S/C20H19BrN4O5S/c21-15-3-5-16(6-4-15)23-18(26)13-25-12-11-24(19(27)20(25)28)10-9-14-1-7-17(8-2-14)31(22,29)30/h1-8,11-12H,9-10,13H2,(H,23,26)(H2,22,29,30). The molecule has 0 aliphatic heterocycles. The maximum absolute atomic E-state index is 12.4. The second-order valence-electron chi connectivity index (χ2n) is 6.72. The molecule has 3 rings (SSSR count). The van der Waals surface area contributed by atoms with E-state index >= 15 is 0 Å². The maximum Gasteiger partial charge on any atom is 0.316 e. The molecule has 0 spiro atoms. The molecule has 11 heteroatoms. The summed E-state index contributed by atoms with van der Waals surface area (Å²) in [6, 6.07) is 12.9. The van der Waals surface area contributed by atoms with Gasteiger partial charge in [-0.3, -0.25) is 19.0 Å². The SMILES string of the molecule is NS(=O)(=O)c1ccc(CCn2ccn(CC(=O)Nc3ccc(Br)cc3)c(=O)c2=O)cc1. The molecule has 2 aromatic carbocycles. The van der Waals surface area contributed by atoms with Gasteiger partial charge in [0.05, 0.1) is 4.90 Å². The van der Waals surface area contributed by atoms with Gasteiger partial charge in [0.15, 0.2) is 0 Å². The number of nitrogens with two attached hydrogens (primary N) is 1. The number of nitrogens with zero attached hydrogens (tertiary/aromatic N) is 2. The van der Waals surface area contributed by atoms with Gasteiger partial charge in [-0.05, 0) is 48.4 Å². The maximum atomic E-state index is 12.4. The molecule has 0 unspecified atom stereocenters. The topological polar surface area (TPSA) is 133 Å². The second-order valence-corrected chi connectivity index (χ2v) is 9.20. The number of aryl methyl sites for hydroxylation is 2. The Morgan fingerprint density at radius 3 is 2.13 bits per heavy atom. The number of sulfonamides is 1. The normalized spacial score (nSPS) is 11.3. The fraction of sp³-hybridized carbons (Fsp3) is 0.150. The van der Waals surface area contributed by atoms with Crippen molar-refractivity contribution in [1.82, 2.24) is 9.13 Å². The molecule has 1 amide bonds. The number of carbonyl (C=O) groups excluding carboxylic acids is 1. The van der Waals surface area contributed by atoms with Crippen LogP contribution in [0.3, 0.4) is 0 Å². The second kappa shape index (κ2) is 9.41. The summed E-state index contributed by atoms with van der Waals surface area (Å²) in [4.78, 5) is 36.9. The third-order valence-corrected chi connectivity index (χ3v) is 5.92. The summed E-state index contributed by atoms with van der Waals surface area (Å²) < 4.78 is 25.8. The highest BCUT2D eigenvalue weighted by molar-refractivity contribution is 9.10. The first kappa shape index (κ1) is 22.7. The third kappa shape index (κ3) is 6.00. The average molecular weight is 507 g/mol. The van der Waals surface area contributed by atoms with Crippen molar-refractivity contribution in [2.24, 2.45) is 5.14 Å². The van der Waals surface area contributed by atoms with Crippen LogP contribution >= 0.6 is 15.9 Å². The molecule has 0 atom stereocenters. The van der Waals surface area contributed by atoms with Crippen molar-refractivity contribution in [3.63, 3.8) is 0 Å². The van der Waals surface area contributed by atoms with Crippen LogP contribution in [0.5, 0.6) is 0 Å². The zero-order valence-corrected chi connectivity index (χ0v) is 18.6. The number of hydrogen-bond donors (Lipinski definition) is 2. The van der Waals surface area contributed by atoms with E-state index in [9.17, 15) is 22.8 Å². The van der Waals surface area contributed by atoms with Crippen molar-refractivity contribution in [3.8, 4) is 0 Å². The Morgan fingerprint density at radius 1 is 0.935 bits per heavy atom. The van der Waals surface area contributed by atoms with Crippen LogP contribution in [0.25, 0.3) is 0 Å². The number of carbonyl (C=O) groups is 1. The van der Waals surface area contributed by atoms with Crippen LogP contribution in [-0.2, 0) is 34.3 Å². The minimum atomic E-state index is -3.77. The average Bonchev–Trinajstić information content (AvgIpc) is 2.72. The van der Waals surface area contributed by atoms with E-state index in [1.807, 2.05) is 0 Å². The molecule has 162 valence electrons. The van der Waals surface area contributed by atoms with Crippen LogP contribution in [0.15, 0.2) is 79.9 Å². The summed E-state index contributed by atoms with van der Waals surface area (Å²) in [7, 11) is -3.77. The van der Waals surface area contributed by atoms with Crippen LogP contribution in [0.1, 0.15) is 5.56 Å². The van der Waals surface area contributed by atoms with Crippen molar-refractivity contribution in [3.05, 3.63) is 91.7 Å². The Hall–Kier alpha value is -3.02. The molecule has 0 aliphatic carbocycles. The molecule has 3 aromatic rings. The van der Waals surface area contributed by atoms with E-state index in [1.54, 1.807) is 36.4 Å². The molecular formula is C20H19BrN4O5S. The van der Waals surface area contributed by atoms with E-state index in [0.29, 0.717) is 12.1 Å².